The number of rotatable bonds is 7. The van der Waals surface area contributed by atoms with Crippen molar-refractivity contribution in [3.05, 3.63) is 53.6 Å². The molecule has 0 aliphatic carbocycles. The van der Waals surface area contributed by atoms with Gasteiger partial charge in [0, 0.05) is 6.42 Å². The number of fused-ring (bicyclic) bond motifs is 1. The Morgan fingerprint density at radius 2 is 1.70 bits per heavy atom. The van der Waals surface area contributed by atoms with Gasteiger partial charge < -0.3 is 9.47 Å². The summed E-state index contributed by atoms with van der Waals surface area (Å²) < 4.78 is 11.8. The first-order valence-electron chi connectivity index (χ1n) is 10.3. The molecule has 1 saturated heterocycles. The molecule has 33 heavy (non-hydrogen) atoms. The van der Waals surface area contributed by atoms with E-state index in [-0.39, 0.29) is 36.4 Å². The molecule has 1 aliphatic rings. The van der Waals surface area contributed by atoms with Crippen molar-refractivity contribution in [3.63, 3.8) is 0 Å². The van der Waals surface area contributed by atoms with Crippen molar-refractivity contribution < 1.29 is 28.7 Å². The zero-order valence-corrected chi connectivity index (χ0v) is 19.5. The normalized spacial score (nSPS) is 15.8. The predicted molar refractivity (Wildman–Crippen MR) is 125 cm³/mol. The quantitative estimate of drug-likeness (QED) is 0.365. The van der Waals surface area contributed by atoms with E-state index in [2.05, 4.69) is 4.98 Å². The molecule has 0 radical (unpaired) electrons. The van der Waals surface area contributed by atoms with E-state index in [1.54, 1.807) is 13.8 Å². The maximum absolute atomic E-state index is 13.2. The SMILES string of the molecule is CCOC(=O)c1cc(C(=O)OCC)cc(N2C(=O)CC(Sc3nc4ccccc4s3)C2=O)c1. The molecule has 1 aromatic heterocycles. The van der Waals surface area contributed by atoms with Gasteiger partial charge >= 0.3 is 11.9 Å². The summed E-state index contributed by atoms with van der Waals surface area (Å²) in [6, 6.07) is 11.7. The largest absolute Gasteiger partial charge is 0.462 e. The van der Waals surface area contributed by atoms with Crippen LogP contribution in [0.2, 0.25) is 0 Å². The summed E-state index contributed by atoms with van der Waals surface area (Å²) in [6.07, 6.45) is -0.0161. The molecule has 2 amide bonds. The Hall–Kier alpha value is -3.24. The maximum Gasteiger partial charge on any atom is 0.338 e. The minimum absolute atomic E-state index is 0.0161. The van der Waals surface area contributed by atoms with Crippen LogP contribution < -0.4 is 4.90 Å². The lowest BCUT2D eigenvalue weighted by Crippen LogP contribution is -2.31. The number of nitrogens with zero attached hydrogens (tertiary/aromatic N) is 2. The molecule has 0 spiro atoms. The van der Waals surface area contributed by atoms with Crippen LogP contribution in [0.25, 0.3) is 10.2 Å². The summed E-state index contributed by atoms with van der Waals surface area (Å²) in [5, 5.41) is -0.657. The third-order valence-electron chi connectivity index (χ3n) is 4.82. The van der Waals surface area contributed by atoms with Gasteiger partial charge in [-0.2, -0.15) is 0 Å². The van der Waals surface area contributed by atoms with E-state index < -0.39 is 29.0 Å². The molecule has 1 fully saturated rings. The smallest absolute Gasteiger partial charge is 0.338 e. The van der Waals surface area contributed by atoms with E-state index in [9.17, 15) is 19.2 Å². The molecule has 0 bridgehead atoms. The average molecular weight is 485 g/mol. The number of ether oxygens (including phenoxy) is 2. The Morgan fingerprint density at radius 1 is 1.06 bits per heavy atom. The van der Waals surface area contributed by atoms with Gasteiger partial charge in [0.15, 0.2) is 4.34 Å². The Morgan fingerprint density at radius 3 is 2.30 bits per heavy atom. The molecule has 2 aromatic carbocycles. The van der Waals surface area contributed by atoms with Crippen molar-refractivity contribution in [2.24, 2.45) is 0 Å². The van der Waals surface area contributed by atoms with E-state index >= 15 is 0 Å². The number of benzene rings is 2. The summed E-state index contributed by atoms with van der Waals surface area (Å²) in [4.78, 5) is 56.2. The fourth-order valence-corrected chi connectivity index (χ4v) is 5.73. The molecule has 4 rings (SSSR count). The van der Waals surface area contributed by atoms with Crippen LogP contribution in [-0.2, 0) is 19.1 Å². The Balaban J connectivity index is 1.64. The number of amides is 2. The molecule has 3 aromatic rings. The summed E-state index contributed by atoms with van der Waals surface area (Å²) in [5.41, 5.74) is 1.08. The standard InChI is InChI=1S/C23H20N2O6S2/c1-3-30-21(28)13-9-14(22(29)31-4-2)11-15(10-13)25-19(26)12-18(20(25)27)33-23-24-16-7-5-6-8-17(16)32-23/h5-11,18H,3-4,12H2,1-2H3. The van der Waals surface area contributed by atoms with E-state index in [4.69, 9.17) is 9.47 Å². The van der Waals surface area contributed by atoms with Crippen molar-refractivity contribution in [1.29, 1.82) is 0 Å². The number of thioether (sulfide) groups is 1. The van der Waals surface area contributed by atoms with Crippen LogP contribution in [0.3, 0.4) is 0 Å². The minimum atomic E-state index is -0.663. The molecule has 1 aliphatic heterocycles. The van der Waals surface area contributed by atoms with Gasteiger partial charge in [-0.1, -0.05) is 23.9 Å². The summed E-state index contributed by atoms with van der Waals surface area (Å²) in [7, 11) is 0. The Kier molecular flexibility index (Phi) is 6.75. The van der Waals surface area contributed by atoms with Crippen molar-refractivity contribution >= 4 is 62.8 Å². The monoisotopic (exact) mass is 484 g/mol. The van der Waals surface area contributed by atoms with Gasteiger partial charge in [0.2, 0.25) is 11.8 Å². The number of carbonyl (C=O) groups excluding carboxylic acids is 4. The van der Waals surface area contributed by atoms with Gasteiger partial charge in [0.1, 0.15) is 5.25 Å². The number of thiazole rings is 1. The molecule has 0 saturated carbocycles. The number of para-hydroxylation sites is 1. The number of carbonyl (C=O) groups is 4. The Bertz CT molecular complexity index is 1190. The molecule has 0 N–H and O–H groups in total. The second-order valence-corrected chi connectivity index (χ2v) is 9.52. The molecule has 1 atom stereocenters. The van der Waals surface area contributed by atoms with Crippen molar-refractivity contribution in [2.45, 2.75) is 29.9 Å². The fraction of sp³-hybridized carbons (Fsp3) is 0.261. The summed E-state index contributed by atoms with van der Waals surface area (Å²) >= 11 is 2.69. The van der Waals surface area contributed by atoms with Crippen LogP contribution in [0, 0.1) is 0 Å². The van der Waals surface area contributed by atoms with Crippen LogP contribution in [0.15, 0.2) is 46.8 Å². The lowest BCUT2D eigenvalue weighted by Gasteiger charge is -2.17. The second kappa shape index (κ2) is 9.72. The number of imide groups is 1. The predicted octanol–water partition coefficient (Wildman–Crippen LogP) is 4.07. The zero-order chi connectivity index (χ0) is 23.5. The van der Waals surface area contributed by atoms with Crippen molar-refractivity contribution in [1.82, 2.24) is 4.98 Å². The lowest BCUT2D eigenvalue weighted by molar-refractivity contribution is -0.121. The highest BCUT2D eigenvalue weighted by atomic mass is 32.2. The molecular weight excluding hydrogens is 464 g/mol. The van der Waals surface area contributed by atoms with Crippen LogP contribution in [0.4, 0.5) is 5.69 Å². The molecule has 10 heteroatoms. The van der Waals surface area contributed by atoms with Gasteiger partial charge in [0.25, 0.3) is 0 Å². The van der Waals surface area contributed by atoms with Crippen molar-refractivity contribution in [2.75, 3.05) is 18.1 Å². The van der Waals surface area contributed by atoms with E-state index in [0.29, 0.717) is 4.34 Å². The number of hydrogen-bond acceptors (Lipinski definition) is 9. The van der Waals surface area contributed by atoms with Crippen LogP contribution in [0.1, 0.15) is 41.0 Å². The van der Waals surface area contributed by atoms with Gasteiger partial charge in [-0.3, -0.25) is 9.59 Å². The first-order valence-corrected chi connectivity index (χ1v) is 12.0. The van der Waals surface area contributed by atoms with Crippen molar-refractivity contribution in [3.8, 4) is 0 Å². The third-order valence-corrected chi connectivity index (χ3v) is 7.14. The van der Waals surface area contributed by atoms with Crippen LogP contribution in [-0.4, -0.2) is 47.2 Å². The average Bonchev–Trinajstić information content (AvgIpc) is 3.33. The zero-order valence-electron chi connectivity index (χ0n) is 17.9. The van der Waals surface area contributed by atoms with Gasteiger partial charge in [0.05, 0.1) is 40.2 Å². The van der Waals surface area contributed by atoms with Gasteiger partial charge in [-0.15, -0.1) is 11.3 Å². The highest BCUT2D eigenvalue weighted by molar-refractivity contribution is 8.02. The molecule has 2 heterocycles. The topological polar surface area (TPSA) is 103 Å². The first-order chi connectivity index (χ1) is 15.9. The molecule has 170 valence electrons. The molecular formula is C23H20N2O6S2. The van der Waals surface area contributed by atoms with E-state index in [0.717, 1.165) is 15.1 Å². The summed E-state index contributed by atoms with van der Waals surface area (Å²) in [5.74, 6) is -2.18. The van der Waals surface area contributed by atoms with E-state index in [1.165, 1.54) is 41.3 Å². The van der Waals surface area contributed by atoms with E-state index in [1.807, 2.05) is 24.3 Å². The Labute approximate surface area is 197 Å². The van der Waals surface area contributed by atoms with Gasteiger partial charge in [-0.05, 0) is 44.2 Å². The number of anilines is 1. The number of aromatic nitrogens is 1. The van der Waals surface area contributed by atoms with Crippen LogP contribution >= 0.6 is 23.1 Å². The highest BCUT2D eigenvalue weighted by Gasteiger charge is 2.41. The lowest BCUT2D eigenvalue weighted by atomic mass is 10.1. The van der Waals surface area contributed by atoms with Crippen LogP contribution in [0.5, 0.6) is 0 Å². The van der Waals surface area contributed by atoms with Gasteiger partial charge in [-0.25, -0.2) is 19.5 Å². The highest BCUT2D eigenvalue weighted by Crippen LogP contribution is 2.38. The summed E-state index contributed by atoms with van der Waals surface area (Å²) in [6.45, 7) is 3.59. The first kappa shape index (κ1) is 22.9. The maximum atomic E-state index is 13.2. The molecule has 1 unspecified atom stereocenters. The fourth-order valence-electron chi connectivity index (χ4n) is 3.40. The minimum Gasteiger partial charge on any atom is -0.462 e. The number of esters is 2. The molecule has 8 nitrogen and oxygen atoms in total. The third kappa shape index (κ3) is 4.76. The second-order valence-electron chi connectivity index (χ2n) is 7.04. The number of hydrogen-bond donors (Lipinski definition) is 0.